The number of carboxylic acids is 1. The van der Waals surface area contributed by atoms with Gasteiger partial charge in [0, 0.05) is 0 Å². The van der Waals surface area contributed by atoms with Crippen molar-refractivity contribution in [3.05, 3.63) is 23.5 Å². The molecule has 6 nitrogen and oxygen atoms in total. The van der Waals surface area contributed by atoms with Gasteiger partial charge in [-0.05, 0) is 25.0 Å². The van der Waals surface area contributed by atoms with Crippen molar-refractivity contribution in [1.82, 2.24) is 15.5 Å². The highest BCUT2D eigenvalue weighted by molar-refractivity contribution is 5.94. The van der Waals surface area contributed by atoms with Crippen LogP contribution in [0.2, 0.25) is 0 Å². The Morgan fingerprint density at radius 2 is 2.06 bits per heavy atom. The zero-order chi connectivity index (χ0) is 13.7. The highest BCUT2D eigenvalue weighted by Crippen LogP contribution is 2.08. The van der Waals surface area contributed by atoms with E-state index in [4.69, 9.17) is 5.11 Å². The van der Waals surface area contributed by atoms with Crippen LogP contribution in [0.4, 0.5) is 0 Å². The first kappa shape index (κ1) is 14.1. The number of rotatable bonds is 5. The monoisotopic (exact) mass is 251 g/mol. The predicted octanol–water partition coefficient (Wildman–Crippen LogP) is 1.01. The molecule has 6 heteroatoms. The maximum absolute atomic E-state index is 11.8. The van der Waals surface area contributed by atoms with Crippen LogP contribution in [0.25, 0.3) is 0 Å². The Morgan fingerprint density at radius 3 is 2.50 bits per heavy atom. The molecule has 0 aliphatic rings. The number of hydrogen-bond acceptors (Lipinski definition) is 4. The van der Waals surface area contributed by atoms with E-state index in [0.29, 0.717) is 12.1 Å². The molecule has 0 fully saturated rings. The van der Waals surface area contributed by atoms with Crippen LogP contribution in [0.1, 0.15) is 36.5 Å². The van der Waals surface area contributed by atoms with Crippen LogP contribution in [-0.2, 0) is 4.79 Å². The number of carbonyl (C=O) groups excluding carboxylic acids is 1. The molecule has 0 aromatic carbocycles. The van der Waals surface area contributed by atoms with Crippen LogP contribution < -0.4 is 5.32 Å². The lowest BCUT2D eigenvalue weighted by atomic mass is 9.99. The lowest BCUT2D eigenvalue weighted by Crippen LogP contribution is -2.45. The van der Waals surface area contributed by atoms with Crippen LogP contribution in [-0.4, -0.2) is 33.2 Å². The van der Waals surface area contributed by atoms with E-state index in [9.17, 15) is 9.59 Å². The fourth-order valence-electron chi connectivity index (χ4n) is 1.42. The lowest BCUT2D eigenvalue weighted by molar-refractivity contribution is -0.140. The minimum atomic E-state index is -1.04. The molecule has 0 bridgehead atoms. The number of aryl methyl sites for hydroxylation is 1. The number of carbonyl (C=O) groups is 2. The first-order valence-electron chi connectivity index (χ1n) is 5.79. The Bertz CT molecular complexity index is 431. The van der Waals surface area contributed by atoms with Gasteiger partial charge in [-0.3, -0.25) is 4.79 Å². The molecule has 0 unspecified atom stereocenters. The van der Waals surface area contributed by atoms with E-state index >= 15 is 0 Å². The molecule has 0 saturated heterocycles. The minimum Gasteiger partial charge on any atom is -0.480 e. The first-order chi connectivity index (χ1) is 8.45. The molecular formula is C12H17N3O3. The summed E-state index contributed by atoms with van der Waals surface area (Å²) in [4.78, 5) is 22.9. The summed E-state index contributed by atoms with van der Waals surface area (Å²) in [5, 5.41) is 19.0. The molecule has 0 aliphatic carbocycles. The van der Waals surface area contributed by atoms with Crippen LogP contribution in [0.15, 0.2) is 12.1 Å². The van der Waals surface area contributed by atoms with Crippen molar-refractivity contribution in [3.8, 4) is 0 Å². The highest BCUT2D eigenvalue weighted by atomic mass is 16.4. The quantitative estimate of drug-likeness (QED) is 0.815. The molecule has 1 rings (SSSR count). The maximum Gasteiger partial charge on any atom is 0.326 e. The molecule has 2 N–H and O–H groups in total. The maximum atomic E-state index is 11.8. The van der Waals surface area contributed by atoms with Crippen LogP contribution in [0.5, 0.6) is 0 Å². The fourth-order valence-corrected chi connectivity index (χ4v) is 1.42. The van der Waals surface area contributed by atoms with E-state index in [0.717, 1.165) is 0 Å². The van der Waals surface area contributed by atoms with Gasteiger partial charge in [0.2, 0.25) is 0 Å². The van der Waals surface area contributed by atoms with Gasteiger partial charge in [0.25, 0.3) is 5.91 Å². The Balaban J connectivity index is 2.78. The van der Waals surface area contributed by atoms with E-state index in [-0.39, 0.29) is 11.6 Å². The molecular weight excluding hydrogens is 234 g/mol. The zero-order valence-corrected chi connectivity index (χ0v) is 10.7. The standard InChI is InChI=1S/C12H17N3O3/c1-4-7(2)10(12(17)18)13-11(16)9-6-5-8(3)14-15-9/h5-7,10H,4H2,1-3H3,(H,13,16)(H,17,18)/t7-,10-/m0/s1. The minimum absolute atomic E-state index is 0.121. The number of nitrogens with zero attached hydrogens (tertiary/aromatic N) is 2. The topological polar surface area (TPSA) is 92.2 Å². The smallest absolute Gasteiger partial charge is 0.326 e. The summed E-state index contributed by atoms with van der Waals surface area (Å²) in [6.07, 6.45) is 0.664. The van der Waals surface area contributed by atoms with E-state index < -0.39 is 17.9 Å². The van der Waals surface area contributed by atoms with Crippen molar-refractivity contribution in [2.45, 2.75) is 33.2 Å². The third-order valence-corrected chi connectivity index (χ3v) is 2.80. The molecule has 18 heavy (non-hydrogen) atoms. The summed E-state index contributed by atoms with van der Waals surface area (Å²) in [5.41, 5.74) is 0.818. The van der Waals surface area contributed by atoms with E-state index in [1.807, 2.05) is 6.92 Å². The predicted molar refractivity (Wildman–Crippen MR) is 65.1 cm³/mol. The molecule has 0 radical (unpaired) electrons. The molecule has 0 aliphatic heterocycles. The van der Waals surface area contributed by atoms with Crippen molar-refractivity contribution >= 4 is 11.9 Å². The lowest BCUT2D eigenvalue weighted by Gasteiger charge is -2.19. The van der Waals surface area contributed by atoms with Gasteiger partial charge < -0.3 is 10.4 Å². The van der Waals surface area contributed by atoms with Crippen LogP contribution in [0, 0.1) is 12.8 Å². The molecule has 0 saturated carbocycles. The average Bonchev–Trinajstić information content (AvgIpc) is 2.35. The number of hydrogen-bond donors (Lipinski definition) is 2. The summed E-state index contributed by atoms with van der Waals surface area (Å²) >= 11 is 0. The molecule has 98 valence electrons. The van der Waals surface area contributed by atoms with Crippen LogP contribution >= 0.6 is 0 Å². The second kappa shape index (κ2) is 6.09. The number of amides is 1. The van der Waals surface area contributed by atoms with Gasteiger partial charge >= 0.3 is 5.97 Å². The van der Waals surface area contributed by atoms with Gasteiger partial charge in [-0.1, -0.05) is 20.3 Å². The van der Waals surface area contributed by atoms with Gasteiger partial charge in [0.15, 0.2) is 5.69 Å². The number of aromatic nitrogens is 2. The van der Waals surface area contributed by atoms with E-state index in [1.54, 1.807) is 19.9 Å². The second-order valence-corrected chi connectivity index (χ2v) is 4.23. The zero-order valence-electron chi connectivity index (χ0n) is 10.7. The van der Waals surface area contributed by atoms with Gasteiger partial charge in [0.1, 0.15) is 6.04 Å². The van der Waals surface area contributed by atoms with Crippen molar-refractivity contribution < 1.29 is 14.7 Å². The molecule has 2 atom stereocenters. The molecule has 1 amide bonds. The summed E-state index contributed by atoms with van der Waals surface area (Å²) in [6.45, 7) is 5.41. The summed E-state index contributed by atoms with van der Waals surface area (Å²) < 4.78 is 0. The van der Waals surface area contributed by atoms with Gasteiger partial charge in [-0.15, -0.1) is 5.10 Å². The van der Waals surface area contributed by atoms with Crippen molar-refractivity contribution in [2.24, 2.45) is 5.92 Å². The van der Waals surface area contributed by atoms with Crippen molar-refractivity contribution in [1.29, 1.82) is 0 Å². The summed E-state index contributed by atoms with van der Waals surface area (Å²) in [6, 6.07) is 2.26. The Kier molecular flexibility index (Phi) is 4.76. The first-order valence-corrected chi connectivity index (χ1v) is 5.79. The third kappa shape index (κ3) is 3.51. The number of carboxylic acid groups (broad SMARTS) is 1. The molecule has 1 aromatic heterocycles. The average molecular weight is 251 g/mol. The number of aliphatic carboxylic acids is 1. The van der Waals surface area contributed by atoms with Gasteiger partial charge in [0.05, 0.1) is 5.69 Å². The largest absolute Gasteiger partial charge is 0.480 e. The second-order valence-electron chi connectivity index (χ2n) is 4.23. The molecule has 1 aromatic rings. The number of nitrogens with one attached hydrogen (secondary N) is 1. The Labute approximate surface area is 105 Å². The van der Waals surface area contributed by atoms with Crippen molar-refractivity contribution in [2.75, 3.05) is 0 Å². The summed E-state index contributed by atoms with van der Waals surface area (Å²) in [7, 11) is 0. The molecule has 1 heterocycles. The fraction of sp³-hybridized carbons (Fsp3) is 0.500. The Morgan fingerprint density at radius 1 is 1.39 bits per heavy atom. The highest BCUT2D eigenvalue weighted by Gasteiger charge is 2.26. The van der Waals surface area contributed by atoms with Gasteiger partial charge in [-0.25, -0.2) is 4.79 Å². The van der Waals surface area contributed by atoms with E-state index in [2.05, 4.69) is 15.5 Å². The van der Waals surface area contributed by atoms with Crippen molar-refractivity contribution in [3.63, 3.8) is 0 Å². The molecule has 0 spiro atoms. The Hall–Kier alpha value is -1.98. The van der Waals surface area contributed by atoms with Gasteiger partial charge in [-0.2, -0.15) is 5.10 Å². The SMILES string of the molecule is CC[C@H](C)[C@H](NC(=O)c1ccc(C)nn1)C(=O)O. The third-order valence-electron chi connectivity index (χ3n) is 2.80. The van der Waals surface area contributed by atoms with Crippen LogP contribution in [0.3, 0.4) is 0 Å². The summed E-state index contributed by atoms with van der Waals surface area (Å²) in [5.74, 6) is -1.71. The van der Waals surface area contributed by atoms with E-state index in [1.165, 1.54) is 6.07 Å². The normalized spacial score (nSPS) is 13.7.